The molecular weight excluding hydrogens is 368 g/mol. The maximum atomic E-state index is 6.03. The van der Waals surface area contributed by atoms with Crippen LogP contribution in [0.1, 0.15) is 45.3 Å². The third-order valence-corrected chi connectivity index (χ3v) is 5.74. The molecule has 7 heteroatoms. The second kappa shape index (κ2) is 8.16. The van der Waals surface area contributed by atoms with Gasteiger partial charge in [-0.25, -0.2) is 4.68 Å². The second-order valence-electron chi connectivity index (χ2n) is 7.96. The van der Waals surface area contributed by atoms with Crippen LogP contribution in [-0.4, -0.2) is 45.5 Å². The molecule has 1 unspecified atom stereocenters. The number of fused-ring (bicyclic) bond motifs is 4. The average molecular weight is 396 g/mol. The number of benzene rings is 1. The van der Waals surface area contributed by atoms with Crippen LogP contribution in [0.2, 0.25) is 0 Å². The molecular formula is C22H28N4O3. The number of hydrogen-bond acceptors (Lipinski definition) is 5. The van der Waals surface area contributed by atoms with E-state index in [0.29, 0.717) is 13.2 Å². The first kappa shape index (κ1) is 18.6. The molecule has 0 radical (unpaired) electrons. The van der Waals surface area contributed by atoms with E-state index in [1.165, 1.54) is 6.42 Å². The standard InChI is InChI=1S/C22H28N4O3/c1-16-8-9-25-15-17(14-23-25)22-19-13-18(28-12-4-11-27-16)6-7-20(19)26(24-22)21-5-2-3-10-29-21/h6-7,13-16,21H,2-5,8-12H2,1H3/t16-,21?/m0/s1. The summed E-state index contributed by atoms with van der Waals surface area (Å²) >= 11 is 0. The minimum Gasteiger partial charge on any atom is -0.493 e. The topological polar surface area (TPSA) is 63.3 Å². The summed E-state index contributed by atoms with van der Waals surface area (Å²) < 4.78 is 21.9. The molecule has 2 aliphatic heterocycles. The third-order valence-electron chi connectivity index (χ3n) is 5.74. The van der Waals surface area contributed by atoms with E-state index in [9.17, 15) is 0 Å². The van der Waals surface area contributed by atoms with Crippen LogP contribution in [-0.2, 0) is 16.0 Å². The molecule has 2 aromatic heterocycles. The van der Waals surface area contributed by atoms with Crippen molar-refractivity contribution in [2.75, 3.05) is 19.8 Å². The highest BCUT2D eigenvalue weighted by Crippen LogP contribution is 2.34. The normalized spacial score (nSPS) is 23.5. The summed E-state index contributed by atoms with van der Waals surface area (Å²) in [6.45, 7) is 5.08. The molecule has 5 rings (SSSR count). The lowest BCUT2D eigenvalue weighted by atomic mass is 10.1. The number of hydrogen-bond donors (Lipinski definition) is 0. The Hall–Kier alpha value is -2.38. The fourth-order valence-electron chi connectivity index (χ4n) is 4.10. The highest BCUT2D eigenvalue weighted by Gasteiger charge is 2.22. The van der Waals surface area contributed by atoms with Crippen molar-refractivity contribution in [3.05, 3.63) is 30.6 Å². The molecule has 4 bridgehead atoms. The van der Waals surface area contributed by atoms with Crippen molar-refractivity contribution < 1.29 is 14.2 Å². The minimum absolute atomic E-state index is 0.00888. The van der Waals surface area contributed by atoms with Gasteiger partial charge >= 0.3 is 0 Å². The van der Waals surface area contributed by atoms with Crippen LogP contribution in [0.5, 0.6) is 5.75 Å². The zero-order valence-electron chi connectivity index (χ0n) is 16.9. The summed E-state index contributed by atoms with van der Waals surface area (Å²) in [6.07, 6.45) is 9.24. The highest BCUT2D eigenvalue weighted by molar-refractivity contribution is 5.94. The first-order chi connectivity index (χ1) is 14.3. The van der Waals surface area contributed by atoms with Gasteiger partial charge in [-0.2, -0.15) is 10.2 Å². The Bertz CT molecular complexity index is 974. The predicted octanol–water partition coefficient (Wildman–Crippen LogP) is 4.18. The van der Waals surface area contributed by atoms with E-state index in [4.69, 9.17) is 19.3 Å². The van der Waals surface area contributed by atoms with Gasteiger partial charge in [-0.15, -0.1) is 0 Å². The Morgan fingerprint density at radius 1 is 1.03 bits per heavy atom. The first-order valence-electron chi connectivity index (χ1n) is 10.7. The molecule has 2 atom stereocenters. The van der Waals surface area contributed by atoms with E-state index >= 15 is 0 Å². The lowest BCUT2D eigenvalue weighted by Crippen LogP contribution is -2.19. The van der Waals surface area contributed by atoms with Crippen LogP contribution in [0, 0.1) is 0 Å². The predicted molar refractivity (Wildman–Crippen MR) is 110 cm³/mol. The molecule has 4 heterocycles. The van der Waals surface area contributed by atoms with Gasteiger partial charge in [-0.3, -0.25) is 4.68 Å². The van der Waals surface area contributed by atoms with Crippen molar-refractivity contribution in [3.8, 4) is 17.0 Å². The fourth-order valence-corrected chi connectivity index (χ4v) is 4.10. The largest absolute Gasteiger partial charge is 0.493 e. The summed E-state index contributed by atoms with van der Waals surface area (Å²) in [6, 6.07) is 6.22. The van der Waals surface area contributed by atoms with E-state index in [2.05, 4.69) is 30.4 Å². The Morgan fingerprint density at radius 2 is 1.97 bits per heavy atom. The zero-order valence-corrected chi connectivity index (χ0v) is 16.9. The van der Waals surface area contributed by atoms with E-state index in [1.807, 2.05) is 21.6 Å². The summed E-state index contributed by atoms with van der Waals surface area (Å²) in [7, 11) is 0. The Morgan fingerprint density at radius 3 is 2.86 bits per heavy atom. The van der Waals surface area contributed by atoms with Gasteiger partial charge in [0.25, 0.3) is 0 Å². The van der Waals surface area contributed by atoms with Gasteiger partial charge in [0, 0.05) is 36.7 Å². The van der Waals surface area contributed by atoms with E-state index < -0.39 is 0 Å². The van der Waals surface area contributed by atoms with Crippen molar-refractivity contribution in [1.29, 1.82) is 0 Å². The maximum absolute atomic E-state index is 6.03. The molecule has 0 N–H and O–H groups in total. The monoisotopic (exact) mass is 396 g/mol. The minimum atomic E-state index is -0.00888. The molecule has 0 saturated carbocycles. The van der Waals surface area contributed by atoms with E-state index in [0.717, 1.165) is 66.7 Å². The average Bonchev–Trinajstić information content (AvgIpc) is 3.36. The summed E-state index contributed by atoms with van der Waals surface area (Å²) in [5.41, 5.74) is 3.03. The van der Waals surface area contributed by atoms with Gasteiger partial charge in [0.15, 0.2) is 6.23 Å². The summed E-state index contributed by atoms with van der Waals surface area (Å²) in [5, 5.41) is 10.6. The fraction of sp³-hybridized carbons (Fsp3) is 0.545. The van der Waals surface area contributed by atoms with Gasteiger partial charge in [-0.05, 0) is 50.8 Å². The van der Waals surface area contributed by atoms with Crippen molar-refractivity contribution in [3.63, 3.8) is 0 Å². The van der Waals surface area contributed by atoms with Crippen molar-refractivity contribution in [2.45, 2.75) is 57.9 Å². The molecule has 3 aromatic rings. The number of nitrogens with zero attached hydrogens (tertiary/aromatic N) is 4. The second-order valence-corrected chi connectivity index (χ2v) is 7.96. The number of aryl methyl sites for hydroxylation is 1. The van der Waals surface area contributed by atoms with E-state index in [-0.39, 0.29) is 12.3 Å². The Kier molecular flexibility index (Phi) is 5.24. The van der Waals surface area contributed by atoms with Gasteiger partial charge in [0.1, 0.15) is 11.4 Å². The third kappa shape index (κ3) is 3.89. The van der Waals surface area contributed by atoms with Crippen LogP contribution in [0.25, 0.3) is 22.2 Å². The highest BCUT2D eigenvalue weighted by atomic mass is 16.5. The lowest BCUT2D eigenvalue weighted by molar-refractivity contribution is -0.0365. The lowest BCUT2D eigenvalue weighted by Gasteiger charge is -2.23. The first-order valence-corrected chi connectivity index (χ1v) is 10.7. The maximum Gasteiger partial charge on any atom is 0.150 e. The zero-order chi connectivity index (χ0) is 19.6. The SMILES string of the molecule is C[C@H]1CCn2cc(cn2)-c2nn(C3CCCCO3)c3ccc(cc23)OCCCO1. The van der Waals surface area contributed by atoms with Crippen molar-refractivity contribution in [1.82, 2.24) is 19.6 Å². The van der Waals surface area contributed by atoms with E-state index in [1.54, 1.807) is 0 Å². The molecule has 0 spiro atoms. The van der Waals surface area contributed by atoms with Gasteiger partial charge in [0.05, 0.1) is 31.0 Å². The van der Waals surface area contributed by atoms with Crippen LogP contribution >= 0.6 is 0 Å². The summed E-state index contributed by atoms with van der Waals surface area (Å²) in [4.78, 5) is 0. The Balaban J connectivity index is 1.58. The van der Waals surface area contributed by atoms with Crippen LogP contribution in [0.15, 0.2) is 30.6 Å². The number of rotatable bonds is 1. The summed E-state index contributed by atoms with van der Waals surface area (Å²) in [5.74, 6) is 0.859. The molecule has 1 saturated heterocycles. The molecule has 0 amide bonds. The molecule has 2 aliphatic rings. The molecule has 1 aromatic carbocycles. The number of ether oxygens (including phenoxy) is 3. The molecule has 29 heavy (non-hydrogen) atoms. The molecule has 154 valence electrons. The van der Waals surface area contributed by atoms with Crippen molar-refractivity contribution in [2.24, 2.45) is 0 Å². The smallest absolute Gasteiger partial charge is 0.150 e. The van der Waals surface area contributed by atoms with Crippen LogP contribution < -0.4 is 4.74 Å². The van der Waals surface area contributed by atoms with Crippen molar-refractivity contribution >= 4 is 10.9 Å². The number of aromatic nitrogens is 4. The molecule has 7 nitrogen and oxygen atoms in total. The van der Waals surface area contributed by atoms with Gasteiger partial charge < -0.3 is 14.2 Å². The van der Waals surface area contributed by atoms with Crippen LogP contribution in [0.4, 0.5) is 0 Å². The van der Waals surface area contributed by atoms with Gasteiger partial charge in [0.2, 0.25) is 0 Å². The molecule has 0 aliphatic carbocycles. The van der Waals surface area contributed by atoms with Gasteiger partial charge in [-0.1, -0.05) is 0 Å². The van der Waals surface area contributed by atoms with Crippen LogP contribution in [0.3, 0.4) is 0 Å². The molecule has 1 fully saturated rings. The quantitative estimate of drug-likeness (QED) is 0.618. The Labute approximate surface area is 170 Å².